The van der Waals surface area contributed by atoms with Crippen molar-refractivity contribution in [1.82, 2.24) is 5.32 Å². The molecule has 7 heteroatoms. The zero-order valence-electron chi connectivity index (χ0n) is 11.1. The summed E-state index contributed by atoms with van der Waals surface area (Å²) in [6, 6.07) is 4.12. The first-order chi connectivity index (χ1) is 8.79. The molecule has 0 aliphatic rings. The lowest BCUT2D eigenvalue weighted by Crippen LogP contribution is -2.32. The van der Waals surface area contributed by atoms with Crippen molar-refractivity contribution in [3.05, 3.63) is 23.8 Å². The van der Waals surface area contributed by atoms with Gasteiger partial charge in [0.2, 0.25) is 10.0 Å². The predicted octanol–water partition coefficient (Wildman–Crippen LogP) is 0.871. The minimum Gasteiger partial charge on any atom is -0.495 e. The minimum absolute atomic E-state index is 0.00698. The molecule has 0 saturated carbocycles. The number of nitrogens with two attached hydrogens (primary N) is 1. The molecule has 0 aliphatic heterocycles. The van der Waals surface area contributed by atoms with Crippen LogP contribution >= 0.6 is 0 Å². The average Bonchev–Trinajstić information content (AvgIpc) is 2.36. The second kappa shape index (κ2) is 6.03. The van der Waals surface area contributed by atoms with Crippen LogP contribution in [0.15, 0.2) is 23.1 Å². The van der Waals surface area contributed by atoms with Crippen molar-refractivity contribution in [2.75, 3.05) is 7.11 Å². The zero-order chi connectivity index (χ0) is 14.6. The number of rotatable bonds is 5. The lowest BCUT2D eigenvalue weighted by Gasteiger charge is -2.13. The number of carbonyl (C=O) groups excluding carboxylic acids is 1. The molecule has 0 heterocycles. The van der Waals surface area contributed by atoms with Crippen molar-refractivity contribution >= 4 is 15.9 Å². The van der Waals surface area contributed by atoms with Gasteiger partial charge in [0, 0.05) is 11.6 Å². The van der Waals surface area contributed by atoms with E-state index in [2.05, 4.69) is 5.32 Å². The molecule has 0 aliphatic carbocycles. The molecule has 1 aromatic rings. The van der Waals surface area contributed by atoms with Gasteiger partial charge >= 0.3 is 0 Å². The number of sulfonamides is 1. The van der Waals surface area contributed by atoms with Crippen LogP contribution in [0.25, 0.3) is 0 Å². The van der Waals surface area contributed by atoms with Gasteiger partial charge in [0.1, 0.15) is 10.6 Å². The molecular formula is C12H18N2O4S. The maximum absolute atomic E-state index is 11.9. The molecule has 0 saturated heterocycles. The summed E-state index contributed by atoms with van der Waals surface area (Å²) in [5.74, 6) is -0.232. The van der Waals surface area contributed by atoms with E-state index in [0.29, 0.717) is 0 Å². The highest BCUT2D eigenvalue weighted by atomic mass is 32.2. The lowest BCUT2D eigenvalue weighted by molar-refractivity contribution is 0.0939. The molecule has 6 nitrogen and oxygen atoms in total. The molecule has 1 amide bonds. The van der Waals surface area contributed by atoms with Gasteiger partial charge in [-0.3, -0.25) is 4.79 Å². The van der Waals surface area contributed by atoms with Crippen LogP contribution in [-0.2, 0) is 10.0 Å². The van der Waals surface area contributed by atoms with Crippen molar-refractivity contribution < 1.29 is 17.9 Å². The number of amides is 1. The second-order valence-electron chi connectivity index (χ2n) is 4.19. The Bertz CT molecular complexity index is 569. The van der Waals surface area contributed by atoms with E-state index >= 15 is 0 Å². The maximum Gasteiger partial charge on any atom is 0.251 e. The van der Waals surface area contributed by atoms with Gasteiger partial charge in [-0.2, -0.15) is 0 Å². The maximum atomic E-state index is 11.9. The highest BCUT2D eigenvalue weighted by Crippen LogP contribution is 2.23. The van der Waals surface area contributed by atoms with E-state index in [4.69, 9.17) is 9.88 Å². The molecule has 0 spiro atoms. The van der Waals surface area contributed by atoms with Crippen LogP contribution in [0.1, 0.15) is 30.6 Å². The van der Waals surface area contributed by atoms with E-state index in [1.165, 1.54) is 25.3 Å². The molecule has 0 radical (unpaired) electrons. The number of hydrogen-bond donors (Lipinski definition) is 2. The Morgan fingerprint density at radius 2 is 2.11 bits per heavy atom. The summed E-state index contributed by atoms with van der Waals surface area (Å²) in [7, 11) is -2.60. The monoisotopic (exact) mass is 286 g/mol. The molecular weight excluding hydrogens is 268 g/mol. The van der Waals surface area contributed by atoms with E-state index in [1.54, 1.807) is 0 Å². The number of nitrogens with one attached hydrogen (secondary N) is 1. The Morgan fingerprint density at radius 1 is 1.47 bits per heavy atom. The lowest BCUT2D eigenvalue weighted by atomic mass is 10.2. The number of hydrogen-bond acceptors (Lipinski definition) is 4. The fraction of sp³-hybridized carbons (Fsp3) is 0.417. The molecule has 0 fully saturated rings. The summed E-state index contributed by atoms with van der Waals surface area (Å²) in [6.45, 7) is 3.80. The van der Waals surface area contributed by atoms with Crippen LogP contribution in [0.3, 0.4) is 0 Å². The van der Waals surface area contributed by atoms with Crippen LogP contribution in [-0.4, -0.2) is 27.5 Å². The topological polar surface area (TPSA) is 98.5 Å². The average molecular weight is 286 g/mol. The Balaban J connectivity index is 3.16. The van der Waals surface area contributed by atoms with Gasteiger partial charge in [0.25, 0.3) is 5.91 Å². The molecule has 0 aromatic heterocycles. The summed E-state index contributed by atoms with van der Waals surface area (Å²) in [5, 5.41) is 7.84. The van der Waals surface area contributed by atoms with E-state index in [9.17, 15) is 13.2 Å². The van der Waals surface area contributed by atoms with E-state index in [1.807, 2.05) is 13.8 Å². The van der Waals surface area contributed by atoms with Gasteiger partial charge in [-0.05, 0) is 31.5 Å². The van der Waals surface area contributed by atoms with Gasteiger partial charge in [0.15, 0.2) is 0 Å². The van der Waals surface area contributed by atoms with Crippen LogP contribution < -0.4 is 15.2 Å². The van der Waals surface area contributed by atoms with Crippen molar-refractivity contribution in [2.45, 2.75) is 31.2 Å². The first kappa shape index (κ1) is 15.5. The third-order valence-electron chi connectivity index (χ3n) is 2.72. The van der Waals surface area contributed by atoms with Crippen LogP contribution in [0.4, 0.5) is 0 Å². The van der Waals surface area contributed by atoms with E-state index in [-0.39, 0.29) is 28.2 Å². The quantitative estimate of drug-likeness (QED) is 0.839. The number of methoxy groups -OCH3 is 1. The zero-order valence-corrected chi connectivity index (χ0v) is 12.0. The standard InChI is InChI=1S/C12H18N2O4S/c1-4-8(2)14-12(15)9-5-6-10(18-3)11(7-9)19(13,16)17/h5-8H,4H2,1-3H3,(H,14,15)(H2,13,16,17)/t8-/m0/s1. The number of benzene rings is 1. The normalized spacial score (nSPS) is 12.8. The third-order valence-corrected chi connectivity index (χ3v) is 3.65. The first-order valence-corrected chi connectivity index (χ1v) is 7.36. The van der Waals surface area contributed by atoms with Gasteiger partial charge in [0.05, 0.1) is 7.11 Å². The molecule has 0 bridgehead atoms. The smallest absolute Gasteiger partial charge is 0.251 e. The summed E-state index contributed by atoms with van der Waals surface area (Å²) < 4.78 is 27.8. The largest absolute Gasteiger partial charge is 0.495 e. The van der Waals surface area contributed by atoms with Gasteiger partial charge in [-0.25, -0.2) is 13.6 Å². The van der Waals surface area contributed by atoms with Crippen molar-refractivity contribution in [2.24, 2.45) is 5.14 Å². The van der Waals surface area contributed by atoms with E-state index < -0.39 is 10.0 Å². The Kier molecular flexibility index (Phi) is 4.90. The van der Waals surface area contributed by atoms with Crippen LogP contribution in [0.2, 0.25) is 0 Å². The van der Waals surface area contributed by atoms with Crippen LogP contribution in [0, 0.1) is 0 Å². The molecule has 1 aromatic carbocycles. The highest BCUT2D eigenvalue weighted by molar-refractivity contribution is 7.89. The number of primary sulfonamides is 1. The number of ether oxygens (including phenoxy) is 1. The molecule has 1 atom stereocenters. The summed E-state index contributed by atoms with van der Waals surface area (Å²) in [4.78, 5) is 11.7. The summed E-state index contributed by atoms with van der Waals surface area (Å²) in [5.41, 5.74) is 0.227. The molecule has 106 valence electrons. The number of carbonyl (C=O) groups is 1. The Morgan fingerprint density at radius 3 is 2.58 bits per heavy atom. The second-order valence-corrected chi connectivity index (χ2v) is 5.72. The first-order valence-electron chi connectivity index (χ1n) is 5.81. The molecule has 3 N–H and O–H groups in total. The van der Waals surface area contributed by atoms with Crippen molar-refractivity contribution in [1.29, 1.82) is 0 Å². The minimum atomic E-state index is -3.94. The summed E-state index contributed by atoms with van der Waals surface area (Å²) in [6.07, 6.45) is 0.782. The summed E-state index contributed by atoms with van der Waals surface area (Å²) >= 11 is 0. The van der Waals surface area contributed by atoms with Gasteiger partial charge in [-0.1, -0.05) is 6.92 Å². The van der Waals surface area contributed by atoms with Gasteiger partial charge in [-0.15, -0.1) is 0 Å². The molecule has 19 heavy (non-hydrogen) atoms. The fourth-order valence-electron chi connectivity index (χ4n) is 1.45. The predicted molar refractivity (Wildman–Crippen MR) is 71.6 cm³/mol. The van der Waals surface area contributed by atoms with Gasteiger partial charge < -0.3 is 10.1 Å². The van der Waals surface area contributed by atoms with Crippen molar-refractivity contribution in [3.8, 4) is 5.75 Å². The van der Waals surface area contributed by atoms with Crippen LogP contribution in [0.5, 0.6) is 5.75 Å². The Labute approximate surface area is 113 Å². The molecule has 1 rings (SSSR count). The highest BCUT2D eigenvalue weighted by Gasteiger charge is 2.18. The fourth-order valence-corrected chi connectivity index (χ4v) is 2.17. The Hall–Kier alpha value is -1.60. The van der Waals surface area contributed by atoms with Crippen molar-refractivity contribution in [3.63, 3.8) is 0 Å². The van der Waals surface area contributed by atoms with E-state index in [0.717, 1.165) is 6.42 Å². The SMILES string of the molecule is CC[C@H](C)NC(=O)c1ccc(OC)c(S(N)(=O)=O)c1. The third kappa shape index (κ3) is 3.93. The molecule has 0 unspecified atom stereocenters.